The molecule has 0 saturated heterocycles. The minimum absolute atomic E-state index is 0.245. The second-order valence-corrected chi connectivity index (χ2v) is 7.67. The van der Waals surface area contributed by atoms with Gasteiger partial charge in [-0.1, -0.05) is 12.1 Å². The average Bonchev–Trinajstić information content (AvgIpc) is 2.75. The monoisotopic (exact) mass is 382 g/mol. The van der Waals surface area contributed by atoms with E-state index in [1.807, 2.05) is 0 Å². The van der Waals surface area contributed by atoms with Crippen LogP contribution in [0.25, 0.3) is 11.1 Å². The second-order valence-electron chi connectivity index (χ2n) is 7.67. The third-order valence-corrected chi connectivity index (χ3v) is 5.90. The number of methoxy groups -OCH3 is 2. The van der Waals surface area contributed by atoms with Crippen LogP contribution in [0.3, 0.4) is 0 Å². The predicted molar refractivity (Wildman–Crippen MR) is 110 cm³/mol. The molecule has 2 aromatic rings. The zero-order valence-electron chi connectivity index (χ0n) is 17.0. The molecule has 0 atom stereocenters. The van der Waals surface area contributed by atoms with Crippen molar-refractivity contribution >= 4 is 0 Å². The van der Waals surface area contributed by atoms with Crippen LogP contribution in [-0.4, -0.2) is 27.8 Å². The van der Waals surface area contributed by atoms with Gasteiger partial charge in [0.05, 0.1) is 0 Å². The largest absolute Gasteiger partial charge is 0.467 e. The molecular weight excluding hydrogens is 352 g/mol. The van der Waals surface area contributed by atoms with Crippen molar-refractivity contribution < 1.29 is 18.9 Å². The van der Waals surface area contributed by atoms with Gasteiger partial charge >= 0.3 is 0 Å². The molecule has 28 heavy (non-hydrogen) atoms. The molecule has 2 aliphatic rings. The molecule has 0 spiro atoms. The maximum absolute atomic E-state index is 6.05. The zero-order valence-corrected chi connectivity index (χ0v) is 17.0. The summed E-state index contributed by atoms with van der Waals surface area (Å²) in [6.07, 6.45) is 9.39. The minimum atomic E-state index is 0.245. The minimum Gasteiger partial charge on any atom is -0.467 e. The lowest BCUT2D eigenvalue weighted by atomic mass is 9.80. The van der Waals surface area contributed by atoms with Crippen molar-refractivity contribution in [2.75, 3.05) is 27.8 Å². The molecule has 0 amide bonds. The van der Waals surface area contributed by atoms with Crippen molar-refractivity contribution in [3.05, 3.63) is 46.5 Å². The number of rotatable bonds is 7. The van der Waals surface area contributed by atoms with Crippen LogP contribution in [-0.2, 0) is 35.2 Å². The van der Waals surface area contributed by atoms with Gasteiger partial charge in [0.15, 0.2) is 13.6 Å². The van der Waals surface area contributed by atoms with Crippen LogP contribution in [0.2, 0.25) is 0 Å². The van der Waals surface area contributed by atoms with Gasteiger partial charge in [-0.05, 0) is 85.8 Å². The van der Waals surface area contributed by atoms with E-state index in [-0.39, 0.29) is 13.6 Å². The second kappa shape index (κ2) is 8.97. The molecule has 0 unspecified atom stereocenters. The molecular formula is C24H30O4. The number of hydrogen-bond acceptors (Lipinski definition) is 4. The summed E-state index contributed by atoms with van der Waals surface area (Å²) in [6, 6.07) is 8.68. The van der Waals surface area contributed by atoms with Crippen LogP contribution >= 0.6 is 0 Å². The first-order chi connectivity index (χ1) is 13.8. The first-order valence-corrected chi connectivity index (χ1v) is 10.4. The summed E-state index contributed by atoms with van der Waals surface area (Å²) in [5.74, 6) is 1.78. The van der Waals surface area contributed by atoms with Crippen LogP contribution in [0.1, 0.15) is 47.9 Å². The Hall–Kier alpha value is -2.04. The number of hydrogen-bond donors (Lipinski definition) is 0. The van der Waals surface area contributed by atoms with Gasteiger partial charge in [-0.2, -0.15) is 0 Å². The molecule has 0 heterocycles. The summed E-state index contributed by atoms with van der Waals surface area (Å²) >= 11 is 0. The Bertz CT molecular complexity index is 758. The van der Waals surface area contributed by atoms with E-state index in [9.17, 15) is 0 Å². The lowest BCUT2D eigenvalue weighted by Crippen LogP contribution is -2.12. The molecule has 4 heteroatoms. The van der Waals surface area contributed by atoms with Gasteiger partial charge in [0, 0.05) is 25.3 Å². The SMILES string of the molecule is COCOc1ccc2c(c1-c1c(OCOC)ccc3c1CCCC3)CCCC2. The molecule has 2 aliphatic carbocycles. The molecule has 0 saturated carbocycles. The van der Waals surface area contributed by atoms with E-state index in [2.05, 4.69) is 24.3 Å². The van der Waals surface area contributed by atoms with Gasteiger partial charge < -0.3 is 18.9 Å². The molecule has 0 aromatic heterocycles. The molecule has 0 radical (unpaired) electrons. The summed E-state index contributed by atoms with van der Waals surface area (Å²) in [6.45, 7) is 0.490. The van der Waals surface area contributed by atoms with E-state index in [0.29, 0.717) is 0 Å². The molecule has 0 fully saturated rings. The normalized spacial score (nSPS) is 15.6. The zero-order chi connectivity index (χ0) is 19.3. The predicted octanol–water partition coefficient (Wildman–Crippen LogP) is 5.08. The molecule has 0 aliphatic heterocycles. The standard InChI is InChI=1S/C24H30O4/c1-25-15-27-21-13-11-17-7-3-5-9-19(17)23(21)24-20-10-6-4-8-18(20)12-14-22(24)28-16-26-2/h11-14H,3-10,15-16H2,1-2H3. The first kappa shape index (κ1) is 19.3. The molecule has 2 aromatic carbocycles. The summed E-state index contributed by atoms with van der Waals surface area (Å²) in [7, 11) is 3.32. The van der Waals surface area contributed by atoms with Crippen LogP contribution in [0.4, 0.5) is 0 Å². The number of fused-ring (bicyclic) bond motifs is 2. The van der Waals surface area contributed by atoms with E-state index < -0.39 is 0 Å². The topological polar surface area (TPSA) is 36.9 Å². The maximum atomic E-state index is 6.05. The Labute approximate surface area is 167 Å². The van der Waals surface area contributed by atoms with E-state index in [4.69, 9.17) is 18.9 Å². The number of aryl methyl sites for hydroxylation is 2. The fraction of sp³-hybridized carbons (Fsp3) is 0.500. The summed E-state index contributed by atoms with van der Waals surface area (Å²) in [5, 5.41) is 0. The lowest BCUT2D eigenvalue weighted by Gasteiger charge is -2.27. The molecule has 150 valence electrons. The smallest absolute Gasteiger partial charge is 0.188 e. The van der Waals surface area contributed by atoms with Crippen LogP contribution < -0.4 is 9.47 Å². The molecule has 4 rings (SSSR count). The van der Waals surface area contributed by atoms with E-state index in [0.717, 1.165) is 37.2 Å². The highest BCUT2D eigenvalue weighted by Gasteiger charge is 2.26. The van der Waals surface area contributed by atoms with Crippen molar-refractivity contribution in [1.82, 2.24) is 0 Å². The highest BCUT2D eigenvalue weighted by Crippen LogP contribution is 2.46. The van der Waals surface area contributed by atoms with Crippen LogP contribution in [0.5, 0.6) is 11.5 Å². The third kappa shape index (κ3) is 3.76. The Kier molecular flexibility index (Phi) is 6.18. The van der Waals surface area contributed by atoms with Crippen molar-refractivity contribution in [1.29, 1.82) is 0 Å². The quantitative estimate of drug-likeness (QED) is 0.626. The van der Waals surface area contributed by atoms with Crippen molar-refractivity contribution in [3.8, 4) is 22.6 Å². The van der Waals surface area contributed by atoms with E-state index in [1.54, 1.807) is 14.2 Å². The Morgan fingerprint density at radius 3 is 1.46 bits per heavy atom. The lowest BCUT2D eigenvalue weighted by molar-refractivity contribution is 0.0499. The fourth-order valence-electron chi connectivity index (χ4n) is 4.65. The highest BCUT2D eigenvalue weighted by molar-refractivity contribution is 5.83. The van der Waals surface area contributed by atoms with Crippen LogP contribution in [0.15, 0.2) is 24.3 Å². The van der Waals surface area contributed by atoms with Gasteiger partial charge in [0.25, 0.3) is 0 Å². The summed E-state index contributed by atoms with van der Waals surface area (Å²) in [4.78, 5) is 0. The van der Waals surface area contributed by atoms with Gasteiger partial charge in [0.1, 0.15) is 11.5 Å². The van der Waals surface area contributed by atoms with Crippen molar-refractivity contribution in [2.45, 2.75) is 51.4 Å². The van der Waals surface area contributed by atoms with Gasteiger partial charge in [-0.25, -0.2) is 0 Å². The van der Waals surface area contributed by atoms with Gasteiger partial charge in [0.2, 0.25) is 0 Å². The Morgan fingerprint density at radius 2 is 1.04 bits per heavy atom. The Balaban J connectivity index is 1.93. The van der Waals surface area contributed by atoms with Crippen molar-refractivity contribution in [2.24, 2.45) is 0 Å². The molecule has 0 N–H and O–H groups in total. The van der Waals surface area contributed by atoms with E-state index >= 15 is 0 Å². The average molecular weight is 383 g/mol. The Morgan fingerprint density at radius 1 is 0.607 bits per heavy atom. The van der Waals surface area contributed by atoms with Gasteiger partial charge in [-0.15, -0.1) is 0 Å². The highest BCUT2D eigenvalue weighted by atomic mass is 16.7. The van der Waals surface area contributed by atoms with Crippen LogP contribution in [0, 0.1) is 0 Å². The van der Waals surface area contributed by atoms with Crippen molar-refractivity contribution in [3.63, 3.8) is 0 Å². The fourth-order valence-corrected chi connectivity index (χ4v) is 4.65. The van der Waals surface area contributed by atoms with Gasteiger partial charge in [-0.3, -0.25) is 0 Å². The third-order valence-electron chi connectivity index (χ3n) is 5.90. The number of ether oxygens (including phenoxy) is 4. The first-order valence-electron chi connectivity index (χ1n) is 10.4. The summed E-state index contributed by atoms with van der Waals surface area (Å²) < 4.78 is 22.5. The maximum Gasteiger partial charge on any atom is 0.188 e. The molecule has 0 bridgehead atoms. The van der Waals surface area contributed by atoms with E-state index in [1.165, 1.54) is 59.1 Å². The summed E-state index contributed by atoms with van der Waals surface area (Å²) in [5.41, 5.74) is 8.13. The molecule has 4 nitrogen and oxygen atoms in total. The number of benzene rings is 2.